The number of nitrogens with zero attached hydrogens (tertiary/aromatic N) is 3. The molecule has 0 unspecified atom stereocenters. The molecule has 0 amide bonds. The summed E-state index contributed by atoms with van der Waals surface area (Å²) < 4.78 is 28.3. The number of halogens is 3. The molecule has 1 aliphatic carbocycles. The second-order valence-electron chi connectivity index (χ2n) is 3.63. The first kappa shape index (κ1) is 9.44. The minimum absolute atomic E-state index is 0.0325. The fourth-order valence-corrected chi connectivity index (χ4v) is 1.95. The van der Waals surface area contributed by atoms with Crippen molar-refractivity contribution in [1.82, 2.24) is 14.6 Å². The SMILES string of the molecule is Fc1cn2c(C3CC3)nnc2c(F)c1I. The summed E-state index contributed by atoms with van der Waals surface area (Å²) in [4.78, 5) is 0. The van der Waals surface area contributed by atoms with Crippen molar-refractivity contribution < 1.29 is 8.78 Å². The summed E-state index contributed by atoms with van der Waals surface area (Å²) in [6.45, 7) is 0. The lowest BCUT2D eigenvalue weighted by Gasteiger charge is -2.01. The molecule has 2 aromatic heterocycles. The summed E-state index contributed by atoms with van der Waals surface area (Å²) in [6, 6.07) is 0. The number of pyridine rings is 1. The van der Waals surface area contributed by atoms with Gasteiger partial charge in [-0.05, 0) is 35.4 Å². The summed E-state index contributed by atoms with van der Waals surface area (Å²) in [6.07, 6.45) is 3.31. The molecule has 6 heteroatoms. The van der Waals surface area contributed by atoms with Crippen molar-refractivity contribution in [3.63, 3.8) is 0 Å². The lowest BCUT2D eigenvalue weighted by atomic mass is 10.4. The number of aromatic nitrogens is 3. The van der Waals surface area contributed by atoms with Gasteiger partial charge in [0.15, 0.2) is 17.3 Å². The average Bonchev–Trinajstić information content (AvgIpc) is 2.97. The maximum Gasteiger partial charge on any atom is 0.198 e. The fraction of sp³-hybridized carbons (Fsp3) is 0.333. The van der Waals surface area contributed by atoms with E-state index < -0.39 is 11.6 Å². The van der Waals surface area contributed by atoms with Gasteiger partial charge in [0.25, 0.3) is 0 Å². The number of fused-ring (bicyclic) bond motifs is 1. The van der Waals surface area contributed by atoms with E-state index in [4.69, 9.17) is 0 Å². The Hall–Kier alpha value is -0.790. The summed E-state index contributed by atoms with van der Waals surface area (Å²) in [5, 5.41) is 7.65. The molecular formula is C9H6F2IN3. The first-order valence-electron chi connectivity index (χ1n) is 4.56. The molecule has 3 nitrogen and oxygen atoms in total. The fourth-order valence-electron chi connectivity index (χ4n) is 1.57. The van der Waals surface area contributed by atoms with Crippen LogP contribution in [0.15, 0.2) is 6.20 Å². The highest BCUT2D eigenvalue weighted by Gasteiger charge is 2.30. The second-order valence-corrected chi connectivity index (χ2v) is 4.71. The molecular weight excluding hydrogens is 315 g/mol. The molecule has 2 aromatic rings. The molecule has 0 bridgehead atoms. The van der Waals surface area contributed by atoms with Gasteiger partial charge in [-0.1, -0.05) is 0 Å². The van der Waals surface area contributed by atoms with E-state index in [2.05, 4.69) is 10.2 Å². The van der Waals surface area contributed by atoms with E-state index in [1.165, 1.54) is 10.6 Å². The Bertz CT molecular complexity index is 548. The summed E-state index contributed by atoms with van der Waals surface area (Å²) in [7, 11) is 0. The van der Waals surface area contributed by atoms with Crippen molar-refractivity contribution in [1.29, 1.82) is 0 Å². The van der Waals surface area contributed by atoms with Crippen LogP contribution in [-0.2, 0) is 0 Å². The van der Waals surface area contributed by atoms with Gasteiger partial charge < -0.3 is 0 Å². The molecule has 3 rings (SSSR count). The molecule has 0 aliphatic heterocycles. The molecule has 0 N–H and O–H groups in total. The molecule has 1 fully saturated rings. The minimum Gasteiger partial charge on any atom is -0.281 e. The first-order valence-corrected chi connectivity index (χ1v) is 5.64. The lowest BCUT2D eigenvalue weighted by molar-refractivity contribution is 0.562. The van der Waals surface area contributed by atoms with E-state index in [1.807, 2.05) is 0 Å². The smallest absolute Gasteiger partial charge is 0.198 e. The number of hydrogen-bond acceptors (Lipinski definition) is 2. The van der Waals surface area contributed by atoms with E-state index in [0.717, 1.165) is 12.8 Å². The molecule has 78 valence electrons. The zero-order chi connectivity index (χ0) is 10.6. The Morgan fingerprint density at radius 2 is 2.07 bits per heavy atom. The van der Waals surface area contributed by atoms with Gasteiger partial charge in [-0.3, -0.25) is 4.40 Å². The van der Waals surface area contributed by atoms with Crippen molar-refractivity contribution in [2.75, 3.05) is 0 Å². The normalized spacial score (nSPS) is 16.2. The van der Waals surface area contributed by atoms with Crippen LogP contribution in [0.5, 0.6) is 0 Å². The van der Waals surface area contributed by atoms with Crippen LogP contribution in [0, 0.1) is 15.2 Å². The molecule has 0 atom stereocenters. The van der Waals surface area contributed by atoms with Crippen LogP contribution in [0.4, 0.5) is 8.78 Å². The Kier molecular flexibility index (Phi) is 1.95. The molecule has 0 radical (unpaired) electrons. The average molecular weight is 321 g/mol. The molecule has 2 heterocycles. The van der Waals surface area contributed by atoms with Crippen molar-refractivity contribution in [3.8, 4) is 0 Å². The van der Waals surface area contributed by atoms with Gasteiger partial charge in [0.2, 0.25) is 0 Å². The van der Waals surface area contributed by atoms with Crippen LogP contribution in [-0.4, -0.2) is 14.6 Å². The maximum atomic E-state index is 13.6. The lowest BCUT2D eigenvalue weighted by Crippen LogP contribution is -1.99. The topological polar surface area (TPSA) is 30.2 Å². The summed E-state index contributed by atoms with van der Waals surface area (Å²) in [5.41, 5.74) is 0.114. The van der Waals surface area contributed by atoms with Gasteiger partial charge in [0.1, 0.15) is 5.82 Å². The monoisotopic (exact) mass is 321 g/mol. The van der Waals surface area contributed by atoms with Gasteiger partial charge >= 0.3 is 0 Å². The van der Waals surface area contributed by atoms with Crippen molar-refractivity contribution in [2.24, 2.45) is 0 Å². The highest BCUT2D eigenvalue weighted by molar-refractivity contribution is 14.1. The molecule has 0 saturated heterocycles. The molecule has 0 aromatic carbocycles. The van der Waals surface area contributed by atoms with Crippen LogP contribution in [0.1, 0.15) is 24.6 Å². The zero-order valence-corrected chi connectivity index (χ0v) is 9.70. The molecule has 1 saturated carbocycles. The third-order valence-electron chi connectivity index (χ3n) is 2.51. The van der Waals surface area contributed by atoms with Crippen molar-refractivity contribution >= 4 is 28.2 Å². The summed E-state index contributed by atoms with van der Waals surface area (Å²) >= 11 is 1.63. The van der Waals surface area contributed by atoms with E-state index in [9.17, 15) is 8.78 Å². The van der Waals surface area contributed by atoms with Crippen molar-refractivity contribution in [3.05, 3.63) is 27.2 Å². The van der Waals surface area contributed by atoms with E-state index in [0.29, 0.717) is 11.7 Å². The standard InChI is InChI=1S/C9H6F2IN3/c10-5-3-15-8(4-1-2-4)13-14-9(15)6(11)7(5)12/h3-4H,1-2H2. The molecule has 0 spiro atoms. The van der Waals surface area contributed by atoms with Crippen molar-refractivity contribution in [2.45, 2.75) is 18.8 Å². The van der Waals surface area contributed by atoms with Crippen LogP contribution in [0.2, 0.25) is 0 Å². The largest absolute Gasteiger partial charge is 0.281 e. The van der Waals surface area contributed by atoms with Gasteiger partial charge in [0, 0.05) is 12.1 Å². The quantitative estimate of drug-likeness (QED) is 0.756. The van der Waals surface area contributed by atoms with Gasteiger partial charge in [-0.15, -0.1) is 10.2 Å². The van der Waals surface area contributed by atoms with Crippen LogP contribution < -0.4 is 0 Å². The highest BCUT2D eigenvalue weighted by Crippen LogP contribution is 2.39. The van der Waals surface area contributed by atoms with E-state index in [-0.39, 0.29) is 9.22 Å². The molecule has 15 heavy (non-hydrogen) atoms. The van der Waals surface area contributed by atoms with Gasteiger partial charge in [0.05, 0.1) is 3.57 Å². The maximum absolute atomic E-state index is 13.6. The van der Waals surface area contributed by atoms with Crippen LogP contribution in [0.25, 0.3) is 5.65 Å². The summed E-state index contributed by atoms with van der Waals surface area (Å²) in [5.74, 6) is -0.213. The number of rotatable bonds is 1. The Morgan fingerprint density at radius 3 is 2.73 bits per heavy atom. The Morgan fingerprint density at radius 1 is 1.33 bits per heavy atom. The minimum atomic E-state index is -0.630. The molecule has 1 aliphatic rings. The van der Waals surface area contributed by atoms with Gasteiger partial charge in [-0.2, -0.15) is 0 Å². The van der Waals surface area contributed by atoms with E-state index in [1.54, 1.807) is 22.6 Å². The third-order valence-corrected chi connectivity index (χ3v) is 3.49. The van der Waals surface area contributed by atoms with E-state index >= 15 is 0 Å². The predicted octanol–water partition coefficient (Wildman–Crippen LogP) is 2.49. The van der Waals surface area contributed by atoms with Crippen LogP contribution >= 0.6 is 22.6 Å². The van der Waals surface area contributed by atoms with Crippen LogP contribution in [0.3, 0.4) is 0 Å². The first-order chi connectivity index (χ1) is 7.18. The number of hydrogen-bond donors (Lipinski definition) is 0. The second kappa shape index (κ2) is 3.10. The Labute approximate surface area is 97.6 Å². The third kappa shape index (κ3) is 1.34. The highest BCUT2D eigenvalue weighted by atomic mass is 127. The Balaban J connectivity index is 2.35. The zero-order valence-electron chi connectivity index (χ0n) is 7.54. The van der Waals surface area contributed by atoms with Gasteiger partial charge in [-0.25, -0.2) is 8.78 Å². The predicted molar refractivity (Wildman–Crippen MR) is 57.6 cm³/mol.